The molecule has 0 aliphatic carbocycles. The first-order valence-corrected chi connectivity index (χ1v) is 11.6. The molecule has 3 nitrogen and oxygen atoms in total. The Morgan fingerprint density at radius 3 is 2.52 bits per heavy atom. The Bertz CT molecular complexity index is 568. The van der Waals surface area contributed by atoms with Crippen LogP contribution in [0.3, 0.4) is 0 Å². The smallest absolute Gasteiger partial charge is 0.297 e. The molecule has 0 amide bonds. The molecule has 1 heterocycles. The van der Waals surface area contributed by atoms with Crippen LogP contribution in [0.5, 0.6) is 0 Å². The lowest BCUT2D eigenvalue weighted by molar-refractivity contribution is -0.137. The molecular formula is C17H22F3IN2OS. The highest BCUT2D eigenvalue weighted by Gasteiger charge is 2.31. The predicted molar refractivity (Wildman–Crippen MR) is 104 cm³/mol. The summed E-state index contributed by atoms with van der Waals surface area (Å²) in [5.41, 5.74) is -0.374. The lowest BCUT2D eigenvalue weighted by Gasteiger charge is -2.40. The van der Waals surface area contributed by atoms with Gasteiger partial charge in [0.2, 0.25) is 0 Å². The zero-order chi connectivity index (χ0) is 18.4. The van der Waals surface area contributed by atoms with Crippen molar-refractivity contribution in [2.45, 2.75) is 38.4 Å². The average molecular weight is 486 g/mol. The van der Waals surface area contributed by atoms with Gasteiger partial charge in [-0.1, -0.05) is 25.5 Å². The predicted octanol–water partition coefficient (Wildman–Crippen LogP) is 5.06. The quantitative estimate of drug-likeness (QED) is 0.306. The summed E-state index contributed by atoms with van der Waals surface area (Å²) in [5, 5.41) is 0. The number of rotatable bonds is 7. The molecule has 1 atom stereocenters. The van der Waals surface area contributed by atoms with Crippen LogP contribution in [0.25, 0.3) is 0 Å². The minimum atomic E-state index is -4.38. The number of hydrogen-bond acceptors (Lipinski definition) is 4. The van der Waals surface area contributed by atoms with Crippen molar-refractivity contribution in [3.8, 4) is 0 Å². The summed E-state index contributed by atoms with van der Waals surface area (Å²) in [6, 6.07) is 4.65. The molecule has 1 aliphatic heterocycles. The summed E-state index contributed by atoms with van der Waals surface area (Å²) >= 11 is 2.24. The molecule has 8 heteroatoms. The number of unbranched alkanes of at least 4 members (excludes halogenated alkanes) is 1. The molecule has 2 rings (SSSR count). The first-order valence-electron chi connectivity index (χ1n) is 8.33. The fourth-order valence-electron chi connectivity index (χ4n) is 2.95. The van der Waals surface area contributed by atoms with Gasteiger partial charge < -0.3 is 0 Å². The van der Waals surface area contributed by atoms with Crippen molar-refractivity contribution in [1.29, 1.82) is 0 Å². The molecule has 0 spiro atoms. The number of benzene rings is 1. The second-order valence-corrected chi connectivity index (χ2v) is 8.04. The Kier molecular flexibility index (Phi) is 8.03. The van der Waals surface area contributed by atoms with E-state index in [-0.39, 0.29) is 11.8 Å². The van der Waals surface area contributed by atoms with Gasteiger partial charge in [-0.05, 0) is 34.2 Å². The van der Waals surface area contributed by atoms with E-state index in [2.05, 4.69) is 37.3 Å². The van der Waals surface area contributed by atoms with Crippen LogP contribution in [0, 0.1) is 0 Å². The molecule has 0 N–H and O–H groups in total. The zero-order valence-electron chi connectivity index (χ0n) is 14.1. The topological polar surface area (TPSA) is 23.6 Å². The van der Waals surface area contributed by atoms with Gasteiger partial charge in [0, 0.05) is 58.9 Å². The molecule has 1 aromatic carbocycles. The van der Waals surface area contributed by atoms with Gasteiger partial charge in [0.1, 0.15) is 0 Å². The summed E-state index contributed by atoms with van der Waals surface area (Å²) in [4.78, 5) is 14.9. The maximum Gasteiger partial charge on any atom is 0.416 e. The summed E-state index contributed by atoms with van der Waals surface area (Å²) in [5.74, 6) is -0.0967. The molecular weight excluding hydrogens is 464 g/mol. The second-order valence-electron chi connectivity index (χ2n) is 6.20. The van der Waals surface area contributed by atoms with Crippen LogP contribution in [0.4, 0.5) is 13.2 Å². The van der Waals surface area contributed by atoms with Crippen molar-refractivity contribution in [1.82, 2.24) is 9.21 Å². The molecule has 0 aromatic heterocycles. The molecule has 1 saturated heterocycles. The van der Waals surface area contributed by atoms with Gasteiger partial charge in [0.25, 0.3) is 0 Å². The monoisotopic (exact) mass is 486 g/mol. The number of nitrogens with zero attached hydrogens (tertiary/aromatic N) is 2. The van der Waals surface area contributed by atoms with E-state index in [1.807, 2.05) is 0 Å². The van der Waals surface area contributed by atoms with Crippen LogP contribution in [0.1, 0.15) is 42.1 Å². The summed E-state index contributed by atoms with van der Waals surface area (Å²) in [7, 11) is 1.64. The summed E-state index contributed by atoms with van der Waals surface area (Å²) in [6.07, 6.45) is -1.86. The number of Topliss-reactive ketones (excluding diaryl/α,β-unsaturated/α-hetero) is 1. The minimum Gasteiger partial charge on any atom is -0.297 e. The second kappa shape index (κ2) is 9.57. The Labute approximate surface area is 163 Å². The largest absolute Gasteiger partial charge is 0.416 e. The highest BCUT2D eigenvalue weighted by atomic mass is 127. The van der Waals surface area contributed by atoms with Gasteiger partial charge in [-0.15, -0.1) is 0 Å². The number of hydrogen-bond donors (Lipinski definition) is 0. The third kappa shape index (κ3) is 6.11. The van der Waals surface area contributed by atoms with E-state index in [4.69, 9.17) is 0 Å². The van der Waals surface area contributed by atoms with E-state index in [0.717, 1.165) is 51.2 Å². The number of halogens is 4. The number of alkyl halides is 3. The normalized spacial score (nSPS) is 20.0. The molecule has 140 valence electrons. The molecule has 1 aliphatic rings. The third-order valence-electron chi connectivity index (χ3n) is 4.42. The van der Waals surface area contributed by atoms with Gasteiger partial charge in [0.15, 0.2) is 5.78 Å². The van der Waals surface area contributed by atoms with E-state index >= 15 is 0 Å². The molecule has 1 unspecified atom stereocenters. The first-order chi connectivity index (χ1) is 11.8. The minimum absolute atomic E-state index is 0.0967. The van der Waals surface area contributed by atoms with Crippen molar-refractivity contribution < 1.29 is 18.0 Å². The van der Waals surface area contributed by atoms with Gasteiger partial charge >= 0.3 is 6.18 Å². The number of ketones is 1. The van der Waals surface area contributed by atoms with Crippen molar-refractivity contribution in [2.24, 2.45) is 0 Å². The van der Waals surface area contributed by atoms with Crippen molar-refractivity contribution in [3.63, 3.8) is 0 Å². The van der Waals surface area contributed by atoms with E-state index in [9.17, 15) is 18.0 Å². The standard InChI is InChI=1S/C17H22F3IN2OS/c1-2-3-8-22-9-10-23(25-21)12-15(22)11-16(24)13-4-6-14(7-5-13)17(18,19)20/h4-7,15H,2-3,8-12H2,1H3. The Balaban J connectivity index is 2.04. The molecule has 0 radical (unpaired) electrons. The van der Waals surface area contributed by atoms with Crippen LogP contribution in [0.15, 0.2) is 24.3 Å². The average Bonchev–Trinajstić information content (AvgIpc) is 2.59. The van der Waals surface area contributed by atoms with Crippen LogP contribution in [-0.2, 0) is 6.18 Å². The van der Waals surface area contributed by atoms with Crippen molar-refractivity contribution >= 4 is 36.1 Å². The van der Waals surface area contributed by atoms with E-state index in [1.165, 1.54) is 12.1 Å². The van der Waals surface area contributed by atoms with Crippen LogP contribution >= 0.6 is 30.3 Å². The highest BCUT2D eigenvalue weighted by Crippen LogP contribution is 2.30. The maximum absolute atomic E-state index is 12.6. The van der Waals surface area contributed by atoms with E-state index in [1.54, 1.807) is 9.12 Å². The van der Waals surface area contributed by atoms with Gasteiger partial charge in [-0.2, -0.15) is 13.2 Å². The van der Waals surface area contributed by atoms with E-state index in [0.29, 0.717) is 12.0 Å². The fraction of sp³-hybridized carbons (Fsp3) is 0.588. The van der Waals surface area contributed by atoms with Gasteiger partial charge in [-0.25, -0.2) is 4.31 Å². The number of piperazine rings is 1. The Hall–Kier alpha value is -0.320. The first kappa shape index (κ1) is 21.0. The molecule has 1 fully saturated rings. The summed E-state index contributed by atoms with van der Waals surface area (Å²) in [6.45, 7) is 5.77. The molecule has 1 aromatic rings. The molecule has 0 saturated carbocycles. The lowest BCUT2D eigenvalue weighted by Crippen LogP contribution is -2.51. The van der Waals surface area contributed by atoms with Gasteiger partial charge in [0.05, 0.1) is 5.56 Å². The Morgan fingerprint density at radius 2 is 1.96 bits per heavy atom. The van der Waals surface area contributed by atoms with Crippen molar-refractivity contribution in [3.05, 3.63) is 35.4 Å². The SMILES string of the molecule is CCCCN1CCN(SI)CC1CC(=O)c1ccc(C(F)(F)F)cc1. The Morgan fingerprint density at radius 1 is 1.28 bits per heavy atom. The summed E-state index contributed by atoms with van der Waals surface area (Å²) < 4.78 is 40.2. The van der Waals surface area contributed by atoms with E-state index < -0.39 is 11.7 Å². The van der Waals surface area contributed by atoms with Crippen LogP contribution in [0.2, 0.25) is 0 Å². The van der Waals surface area contributed by atoms with Gasteiger partial charge in [-0.3, -0.25) is 9.69 Å². The molecule has 0 bridgehead atoms. The fourth-order valence-corrected chi connectivity index (χ4v) is 4.41. The number of carbonyl (C=O) groups excluding carboxylic acids is 1. The highest BCUT2D eigenvalue weighted by molar-refractivity contribution is 14.2. The zero-order valence-corrected chi connectivity index (χ0v) is 17.0. The number of carbonyl (C=O) groups is 1. The van der Waals surface area contributed by atoms with Crippen molar-refractivity contribution in [2.75, 3.05) is 26.2 Å². The molecule has 25 heavy (non-hydrogen) atoms. The maximum atomic E-state index is 12.6. The van der Waals surface area contributed by atoms with Crippen LogP contribution in [-0.4, -0.2) is 47.2 Å². The van der Waals surface area contributed by atoms with Crippen LogP contribution < -0.4 is 0 Å². The third-order valence-corrected chi connectivity index (χ3v) is 6.62. The lowest BCUT2D eigenvalue weighted by atomic mass is 10.00.